The van der Waals surface area contributed by atoms with Crippen molar-refractivity contribution in [2.24, 2.45) is 0 Å². The molecule has 1 rings (SSSR count). The maximum atomic E-state index is 8.61. The number of rotatable bonds is 5. The first kappa shape index (κ1) is 9.93. The number of nitrogens with one attached hydrogen (secondary N) is 1. The van der Waals surface area contributed by atoms with Crippen molar-refractivity contribution in [1.29, 1.82) is 5.41 Å². The van der Waals surface area contributed by atoms with Crippen LogP contribution < -0.4 is 0 Å². The monoisotopic (exact) mass is 177 g/mol. The number of hydrogen-bond donors (Lipinski definition) is 2. The number of benzene rings is 1. The lowest BCUT2D eigenvalue weighted by atomic mass is 10.1. The van der Waals surface area contributed by atoms with Crippen molar-refractivity contribution < 1.29 is 5.11 Å². The van der Waals surface area contributed by atoms with Gasteiger partial charge in [0.15, 0.2) is 0 Å². The van der Waals surface area contributed by atoms with Crippen molar-refractivity contribution in [3.8, 4) is 0 Å². The van der Waals surface area contributed by atoms with Crippen LogP contribution in [0.1, 0.15) is 18.4 Å². The van der Waals surface area contributed by atoms with Crippen LogP contribution in [-0.4, -0.2) is 17.4 Å². The molecular formula is C11H15NO. The van der Waals surface area contributed by atoms with Crippen molar-refractivity contribution in [2.75, 3.05) is 6.61 Å². The molecule has 0 aromatic heterocycles. The molecule has 70 valence electrons. The Balaban J connectivity index is 2.24. The van der Waals surface area contributed by atoms with E-state index in [4.69, 9.17) is 10.5 Å². The minimum absolute atomic E-state index is 0.102. The van der Waals surface area contributed by atoms with Crippen LogP contribution in [0.2, 0.25) is 0 Å². The molecule has 2 nitrogen and oxygen atoms in total. The van der Waals surface area contributed by atoms with Crippen LogP contribution in [0.15, 0.2) is 30.3 Å². The van der Waals surface area contributed by atoms with Crippen LogP contribution in [0, 0.1) is 5.41 Å². The van der Waals surface area contributed by atoms with Gasteiger partial charge in [0.1, 0.15) is 0 Å². The maximum Gasteiger partial charge on any atom is 0.0806 e. The molecular weight excluding hydrogens is 162 g/mol. The summed E-state index contributed by atoms with van der Waals surface area (Å²) < 4.78 is 0. The van der Waals surface area contributed by atoms with Gasteiger partial charge in [0.25, 0.3) is 0 Å². The summed E-state index contributed by atoms with van der Waals surface area (Å²) in [6.45, 7) is -0.102. The van der Waals surface area contributed by atoms with Gasteiger partial charge in [-0.2, -0.15) is 0 Å². The predicted molar refractivity (Wildman–Crippen MR) is 54.2 cm³/mol. The Morgan fingerprint density at radius 1 is 1.23 bits per heavy atom. The molecule has 1 aromatic rings. The van der Waals surface area contributed by atoms with Crippen molar-refractivity contribution >= 4 is 5.71 Å². The Morgan fingerprint density at radius 2 is 1.92 bits per heavy atom. The third kappa shape index (κ3) is 3.85. The molecule has 2 N–H and O–H groups in total. The van der Waals surface area contributed by atoms with Crippen molar-refractivity contribution in [1.82, 2.24) is 0 Å². The summed E-state index contributed by atoms with van der Waals surface area (Å²) >= 11 is 0. The van der Waals surface area contributed by atoms with Crippen molar-refractivity contribution in [2.45, 2.75) is 19.3 Å². The first-order chi connectivity index (χ1) is 6.33. The van der Waals surface area contributed by atoms with Crippen molar-refractivity contribution in [3.63, 3.8) is 0 Å². The zero-order valence-corrected chi connectivity index (χ0v) is 7.66. The maximum absolute atomic E-state index is 8.61. The predicted octanol–water partition coefficient (Wildman–Crippen LogP) is 2.02. The largest absolute Gasteiger partial charge is 0.390 e. The van der Waals surface area contributed by atoms with E-state index in [9.17, 15) is 0 Å². The summed E-state index contributed by atoms with van der Waals surface area (Å²) in [7, 11) is 0. The summed E-state index contributed by atoms with van der Waals surface area (Å²) in [6, 6.07) is 10.2. The van der Waals surface area contributed by atoms with E-state index in [-0.39, 0.29) is 6.61 Å². The highest BCUT2D eigenvalue weighted by atomic mass is 16.3. The van der Waals surface area contributed by atoms with E-state index in [0.29, 0.717) is 12.1 Å². The Kier molecular flexibility index (Phi) is 4.19. The average molecular weight is 177 g/mol. The standard InChI is InChI=1S/C11H15NO/c12-11(9-13)8-4-7-10-5-2-1-3-6-10/h1-3,5-6,12-13H,4,7-9H2. The van der Waals surface area contributed by atoms with Gasteiger partial charge in [0.2, 0.25) is 0 Å². The molecule has 0 saturated carbocycles. The van der Waals surface area contributed by atoms with Gasteiger partial charge in [-0.25, -0.2) is 0 Å². The van der Waals surface area contributed by atoms with E-state index in [1.165, 1.54) is 5.56 Å². The minimum Gasteiger partial charge on any atom is -0.390 e. The fourth-order valence-electron chi connectivity index (χ4n) is 1.23. The topological polar surface area (TPSA) is 44.1 Å². The summed E-state index contributed by atoms with van der Waals surface area (Å²) in [6.07, 6.45) is 2.64. The van der Waals surface area contributed by atoms with Gasteiger partial charge in [-0.15, -0.1) is 0 Å². The molecule has 0 saturated heterocycles. The van der Waals surface area contributed by atoms with Gasteiger partial charge in [0, 0.05) is 5.71 Å². The fourth-order valence-corrected chi connectivity index (χ4v) is 1.23. The summed E-state index contributed by atoms with van der Waals surface area (Å²) in [5.74, 6) is 0. The van der Waals surface area contributed by atoms with Gasteiger partial charge in [-0.1, -0.05) is 30.3 Å². The fraction of sp³-hybridized carbons (Fsp3) is 0.364. The zero-order valence-electron chi connectivity index (χ0n) is 7.66. The number of hydrogen-bond acceptors (Lipinski definition) is 2. The Morgan fingerprint density at radius 3 is 2.54 bits per heavy atom. The lowest BCUT2D eigenvalue weighted by Gasteiger charge is -2.00. The molecule has 1 aromatic carbocycles. The second-order valence-electron chi connectivity index (χ2n) is 3.10. The van der Waals surface area contributed by atoms with Crippen molar-refractivity contribution in [3.05, 3.63) is 35.9 Å². The minimum atomic E-state index is -0.102. The van der Waals surface area contributed by atoms with E-state index in [1.807, 2.05) is 18.2 Å². The lowest BCUT2D eigenvalue weighted by molar-refractivity contribution is 0.353. The Bertz CT molecular complexity index is 256. The molecule has 0 radical (unpaired) electrons. The highest BCUT2D eigenvalue weighted by molar-refractivity contribution is 5.82. The van der Waals surface area contributed by atoms with E-state index in [2.05, 4.69) is 12.1 Å². The smallest absolute Gasteiger partial charge is 0.0806 e. The molecule has 0 atom stereocenters. The SMILES string of the molecule is N=C(CO)CCCc1ccccc1. The van der Waals surface area contributed by atoms with Gasteiger partial charge in [-0.3, -0.25) is 0 Å². The number of aliphatic hydroxyl groups is 1. The molecule has 0 spiro atoms. The number of aliphatic hydroxyl groups excluding tert-OH is 1. The highest BCUT2D eigenvalue weighted by Gasteiger charge is 1.95. The number of aryl methyl sites for hydroxylation is 1. The molecule has 0 bridgehead atoms. The molecule has 0 aliphatic rings. The first-order valence-electron chi connectivity index (χ1n) is 4.54. The summed E-state index contributed by atoms with van der Waals surface area (Å²) in [5.41, 5.74) is 1.73. The van der Waals surface area contributed by atoms with Gasteiger partial charge in [0.05, 0.1) is 6.61 Å². The zero-order chi connectivity index (χ0) is 9.52. The second-order valence-corrected chi connectivity index (χ2v) is 3.10. The van der Waals surface area contributed by atoms with E-state index in [0.717, 1.165) is 12.8 Å². The van der Waals surface area contributed by atoms with Crippen LogP contribution in [0.25, 0.3) is 0 Å². The van der Waals surface area contributed by atoms with E-state index >= 15 is 0 Å². The van der Waals surface area contributed by atoms with Crippen LogP contribution >= 0.6 is 0 Å². The molecule has 0 amide bonds. The highest BCUT2D eigenvalue weighted by Crippen LogP contribution is 2.04. The van der Waals surface area contributed by atoms with Crippen LogP contribution in [0.5, 0.6) is 0 Å². The average Bonchev–Trinajstić information content (AvgIpc) is 2.19. The molecule has 2 heteroatoms. The molecule has 0 fully saturated rings. The quantitative estimate of drug-likeness (QED) is 0.664. The first-order valence-corrected chi connectivity index (χ1v) is 4.54. The lowest BCUT2D eigenvalue weighted by Crippen LogP contribution is -2.02. The molecule has 13 heavy (non-hydrogen) atoms. The van der Waals surface area contributed by atoms with Gasteiger partial charge >= 0.3 is 0 Å². The molecule has 0 aliphatic carbocycles. The second kappa shape index (κ2) is 5.49. The van der Waals surface area contributed by atoms with Crippen LogP contribution in [-0.2, 0) is 6.42 Å². The summed E-state index contributed by atoms with van der Waals surface area (Å²) in [4.78, 5) is 0. The molecule has 0 heterocycles. The molecule has 0 unspecified atom stereocenters. The Labute approximate surface area is 78.7 Å². The van der Waals surface area contributed by atoms with E-state index in [1.54, 1.807) is 0 Å². The van der Waals surface area contributed by atoms with Crippen LogP contribution in [0.3, 0.4) is 0 Å². The van der Waals surface area contributed by atoms with E-state index < -0.39 is 0 Å². The van der Waals surface area contributed by atoms with Gasteiger partial charge < -0.3 is 10.5 Å². The Hall–Kier alpha value is -1.15. The normalized spacial score (nSPS) is 9.92. The van der Waals surface area contributed by atoms with Gasteiger partial charge in [-0.05, 0) is 24.8 Å². The third-order valence-electron chi connectivity index (χ3n) is 1.98. The molecule has 0 aliphatic heterocycles. The third-order valence-corrected chi connectivity index (χ3v) is 1.98. The summed E-state index contributed by atoms with van der Waals surface area (Å²) in [5, 5.41) is 15.9. The van der Waals surface area contributed by atoms with Crippen LogP contribution in [0.4, 0.5) is 0 Å².